The van der Waals surface area contributed by atoms with E-state index in [0.29, 0.717) is 4.90 Å². The molecule has 2 rings (SSSR count). The molecule has 224 valence electrons. The van der Waals surface area contributed by atoms with Gasteiger partial charge in [-0.05, 0) is 81.7 Å². The number of rotatable bonds is 4. The Balaban J connectivity index is 3.05. The number of aliphatic hydroxyl groups excluding tert-OH is 1. The molecule has 3 atom stereocenters. The molecular formula is C26H38FN3O9S. The zero-order valence-corrected chi connectivity index (χ0v) is 25.3. The van der Waals surface area contributed by atoms with Gasteiger partial charge in [0, 0.05) is 17.7 Å². The maximum absolute atomic E-state index is 15.4. The minimum Gasteiger partial charge on any atom is -0.443 e. The van der Waals surface area contributed by atoms with E-state index in [-0.39, 0.29) is 0 Å². The summed E-state index contributed by atoms with van der Waals surface area (Å²) in [5, 5.41) is 20.1. The molecule has 0 saturated heterocycles. The van der Waals surface area contributed by atoms with Crippen molar-refractivity contribution in [2.45, 2.75) is 109 Å². The molecule has 14 heteroatoms. The highest BCUT2D eigenvalue weighted by Gasteiger charge is 2.61. The zero-order valence-electron chi connectivity index (χ0n) is 24.4. The first-order valence-electron chi connectivity index (χ1n) is 12.6. The second kappa shape index (κ2) is 10.7. The third-order valence-corrected chi connectivity index (χ3v) is 9.22. The Kier molecular flexibility index (Phi) is 8.84. The number of hydrogen-bond donors (Lipinski definition) is 1. The lowest BCUT2D eigenvalue weighted by molar-refractivity contribution is -0.385. The molecule has 1 heterocycles. The lowest BCUT2D eigenvalue weighted by Gasteiger charge is -2.47. The summed E-state index contributed by atoms with van der Waals surface area (Å²) in [6.07, 6.45) is -4.22. The van der Waals surface area contributed by atoms with E-state index in [1.807, 2.05) is 0 Å². The Labute approximate surface area is 233 Å². The molecule has 0 fully saturated rings. The first-order valence-corrected chi connectivity index (χ1v) is 14.1. The van der Waals surface area contributed by atoms with Crippen molar-refractivity contribution in [3.05, 3.63) is 39.7 Å². The van der Waals surface area contributed by atoms with Gasteiger partial charge in [0.1, 0.15) is 33.1 Å². The molecule has 1 N–H and O–H groups in total. The van der Waals surface area contributed by atoms with Crippen molar-refractivity contribution in [2.75, 3.05) is 0 Å². The van der Waals surface area contributed by atoms with Crippen LogP contribution in [-0.2, 0) is 24.8 Å². The van der Waals surface area contributed by atoms with Gasteiger partial charge >= 0.3 is 12.2 Å². The minimum atomic E-state index is -4.54. The van der Waals surface area contributed by atoms with Crippen molar-refractivity contribution in [3.8, 4) is 0 Å². The number of nitro benzene ring substituents is 1. The summed E-state index contributed by atoms with van der Waals surface area (Å²) in [5.41, 5.74) is -5.40. The Hall–Kier alpha value is -3.13. The van der Waals surface area contributed by atoms with Gasteiger partial charge in [0.15, 0.2) is 9.84 Å². The summed E-state index contributed by atoms with van der Waals surface area (Å²) in [6.45, 7) is 14.2. The number of halogens is 1. The summed E-state index contributed by atoms with van der Waals surface area (Å²) < 4.78 is 52.6. The maximum atomic E-state index is 15.4. The molecule has 2 amide bonds. The Morgan fingerprint density at radius 3 is 2.00 bits per heavy atom. The van der Waals surface area contributed by atoms with Gasteiger partial charge in [-0.1, -0.05) is 0 Å². The number of amides is 2. The fourth-order valence-electron chi connectivity index (χ4n) is 4.31. The van der Waals surface area contributed by atoms with E-state index < -0.39 is 89.1 Å². The van der Waals surface area contributed by atoms with Gasteiger partial charge in [-0.15, -0.1) is 0 Å². The van der Waals surface area contributed by atoms with Crippen LogP contribution in [0.1, 0.15) is 81.2 Å². The highest BCUT2D eigenvalue weighted by atomic mass is 32.2. The maximum Gasteiger partial charge on any atom is 0.425 e. The number of amidine groups is 1. The summed E-state index contributed by atoms with van der Waals surface area (Å²) in [5.74, 6) is -1.64. The van der Waals surface area contributed by atoms with E-state index in [1.54, 1.807) is 0 Å². The van der Waals surface area contributed by atoms with Crippen LogP contribution in [0.2, 0.25) is 0 Å². The summed E-state index contributed by atoms with van der Waals surface area (Å²) in [4.78, 5) is 42.5. The van der Waals surface area contributed by atoms with Crippen LogP contribution in [0.4, 0.5) is 19.7 Å². The van der Waals surface area contributed by atoms with E-state index >= 15 is 4.39 Å². The SMILES string of the molecule is C[C@H](O)C[C@@H]1C(C)(c2cc([N+](=O)[O-])ccc2F)N=C(N(C(=O)OC(C)(C)C)C(=O)OC(C)(C)C)C(C)(C)S1(=O)=O. The van der Waals surface area contributed by atoms with E-state index in [4.69, 9.17) is 9.47 Å². The summed E-state index contributed by atoms with van der Waals surface area (Å²) in [6, 6.07) is 2.56. The van der Waals surface area contributed by atoms with Crippen LogP contribution in [0.5, 0.6) is 0 Å². The largest absolute Gasteiger partial charge is 0.443 e. The van der Waals surface area contributed by atoms with Crippen LogP contribution in [0, 0.1) is 15.9 Å². The number of carbonyl (C=O) groups excluding carboxylic acids is 2. The van der Waals surface area contributed by atoms with Gasteiger partial charge in [0.2, 0.25) is 0 Å². The molecule has 1 aliphatic rings. The van der Waals surface area contributed by atoms with Gasteiger partial charge in [0.05, 0.1) is 16.3 Å². The van der Waals surface area contributed by atoms with Crippen LogP contribution in [0.25, 0.3) is 0 Å². The minimum absolute atomic E-state index is 0.361. The molecule has 1 aliphatic heterocycles. The van der Waals surface area contributed by atoms with Crippen molar-refractivity contribution in [3.63, 3.8) is 0 Å². The van der Waals surface area contributed by atoms with E-state index in [2.05, 4.69) is 4.99 Å². The zero-order chi connectivity index (χ0) is 31.2. The second-order valence-corrected chi connectivity index (χ2v) is 15.1. The molecule has 0 radical (unpaired) electrons. The molecule has 1 aromatic carbocycles. The number of non-ortho nitro benzene ring substituents is 1. The normalized spacial score (nSPS) is 23.0. The van der Waals surface area contributed by atoms with Crippen LogP contribution in [-0.4, -0.2) is 68.7 Å². The molecule has 0 saturated carbocycles. The lowest BCUT2D eigenvalue weighted by Crippen LogP contribution is -2.64. The van der Waals surface area contributed by atoms with E-state index in [0.717, 1.165) is 18.2 Å². The Bertz CT molecular complexity index is 1300. The predicted molar refractivity (Wildman–Crippen MR) is 145 cm³/mol. The van der Waals surface area contributed by atoms with Crippen molar-refractivity contribution >= 4 is 33.5 Å². The molecular weight excluding hydrogens is 549 g/mol. The van der Waals surface area contributed by atoms with Crippen LogP contribution in [0.3, 0.4) is 0 Å². The first kappa shape index (κ1) is 33.1. The van der Waals surface area contributed by atoms with Gasteiger partial charge in [-0.3, -0.25) is 15.1 Å². The van der Waals surface area contributed by atoms with Crippen molar-refractivity contribution in [1.29, 1.82) is 0 Å². The highest BCUT2D eigenvalue weighted by molar-refractivity contribution is 7.94. The van der Waals surface area contributed by atoms with Gasteiger partial charge in [-0.2, -0.15) is 4.90 Å². The third-order valence-electron chi connectivity index (χ3n) is 6.21. The van der Waals surface area contributed by atoms with Gasteiger partial charge in [0.25, 0.3) is 5.69 Å². The molecule has 1 unspecified atom stereocenters. The second-order valence-electron chi connectivity index (χ2n) is 12.4. The summed E-state index contributed by atoms with van der Waals surface area (Å²) >= 11 is 0. The number of nitrogens with zero attached hydrogens (tertiary/aromatic N) is 3. The third kappa shape index (κ3) is 6.60. The number of ether oxygens (including phenoxy) is 2. The number of carbonyl (C=O) groups is 2. The quantitative estimate of drug-likeness (QED) is 0.382. The van der Waals surface area contributed by atoms with Crippen LogP contribution in [0.15, 0.2) is 23.2 Å². The average molecular weight is 588 g/mol. The van der Waals surface area contributed by atoms with E-state index in [9.17, 15) is 33.2 Å². The molecule has 0 spiro atoms. The fraction of sp³-hybridized carbons (Fsp3) is 0.654. The molecule has 1 aromatic rings. The van der Waals surface area contributed by atoms with Crippen LogP contribution >= 0.6 is 0 Å². The number of hydrogen-bond acceptors (Lipinski definition) is 10. The molecule has 0 aromatic heterocycles. The van der Waals surface area contributed by atoms with Gasteiger partial charge < -0.3 is 14.6 Å². The number of imide groups is 1. The Morgan fingerprint density at radius 1 is 1.12 bits per heavy atom. The highest BCUT2D eigenvalue weighted by Crippen LogP contribution is 2.47. The molecule has 12 nitrogen and oxygen atoms in total. The number of benzene rings is 1. The average Bonchev–Trinajstić information content (AvgIpc) is 2.73. The monoisotopic (exact) mass is 587 g/mol. The molecule has 0 aliphatic carbocycles. The van der Waals surface area contributed by atoms with E-state index in [1.165, 1.54) is 69.2 Å². The Morgan fingerprint density at radius 2 is 1.60 bits per heavy atom. The number of aliphatic hydroxyl groups is 1. The number of nitro groups is 1. The molecule has 0 bridgehead atoms. The lowest BCUT2D eigenvalue weighted by atomic mass is 9.85. The van der Waals surface area contributed by atoms with Gasteiger partial charge in [-0.25, -0.2) is 22.4 Å². The molecule has 40 heavy (non-hydrogen) atoms. The van der Waals surface area contributed by atoms with Crippen LogP contribution < -0.4 is 0 Å². The summed E-state index contributed by atoms with van der Waals surface area (Å²) in [7, 11) is -4.54. The van der Waals surface area contributed by atoms with Crippen molar-refractivity contribution in [1.82, 2.24) is 4.90 Å². The topological polar surface area (TPSA) is 166 Å². The first-order chi connectivity index (χ1) is 17.8. The van der Waals surface area contributed by atoms with Crippen molar-refractivity contribution in [2.24, 2.45) is 4.99 Å². The number of sulfone groups is 1. The number of aliphatic imine (C=N–C) groups is 1. The smallest absolute Gasteiger partial charge is 0.425 e. The standard InChI is InChI=1S/C26H38FN3O9S/c1-15(31)13-19-26(10,17-14-16(30(34)35)11-12-18(17)27)28-20(25(8,9)40(19,36)37)29(21(32)38-23(2,3)4)22(33)39-24(5,6)7/h11-12,14-15,19,31H,13H2,1-10H3/t15-,19+,26?/m0/s1. The fourth-order valence-corrected chi connectivity index (χ4v) is 6.73. The van der Waals surface area contributed by atoms with Crippen molar-refractivity contribution < 1.29 is 41.9 Å². The predicted octanol–water partition coefficient (Wildman–Crippen LogP) is 4.87.